The number of halogens is 3. The molecule has 0 unspecified atom stereocenters. The van der Waals surface area contributed by atoms with Crippen molar-refractivity contribution in [1.29, 1.82) is 0 Å². The maximum Gasteiger partial charge on any atom is 0.251 e. The second-order valence-corrected chi connectivity index (χ2v) is 10.9. The van der Waals surface area contributed by atoms with Gasteiger partial charge in [0.05, 0.1) is 33.6 Å². The quantitative estimate of drug-likeness (QED) is 0.342. The predicted molar refractivity (Wildman–Crippen MR) is 135 cm³/mol. The van der Waals surface area contributed by atoms with Gasteiger partial charge in [-0.15, -0.1) is 0 Å². The van der Waals surface area contributed by atoms with Crippen LogP contribution in [0.25, 0.3) is 0 Å². The highest BCUT2D eigenvalue weighted by atomic mass is 35.5. The van der Waals surface area contributed by atoms with E-state index in [1.807, 2.05) is 0 Å². The topological polar surface area (TPSA) is 66.5 Å². The number of hydrogen-bond acceptors (Lipinski definition) is 3. The van der Waals surface area contributed by atoms with Crippen LogP contribution in [-0.4, -0.2) is 27.1 Å². The molecule has 5 nitrogen and oxygen atoms in total. The van der Waals surface area contributed by atoms with Crippen LogP contribution in [-0.2, 0) is 16.6 Å². The van der Waals surface area contributed by atoms with E-state index in [4.69, 9.17) is 34.8 Å². The second kappa shape index (κ2) is 12.1. The summed E-state index contributed by atoms with van der Waals surface area (Å²) in [6.45, 7) is 4.98. The van der Waals surface area contributed by atoms with Crippen LogP contribution in [0.15, 0.2) is 36.4 Å². The second-order valence-electron chi connectivity index (χ2n) is 7.81. The molecule has 32 heavy (non-hydrogen) atoms. The molecule has 0 aliphatic rings. The lowest BCUT2D eigenvalue weighted by Crippen LogP contribution is -2.30. The van der Waals surface area contributed by atoms with Crippen molar-refractivity contribution >= 4 is 56.4 Å². The molecule has 1 amide bonds. The van der Waals surface area contributed by atoms with Crippen LogP contribution in [0.4, 0.5) is 5.69 Å². The molecule has 0 saturated carbocycles. The standard InChI is InChI=1S/C23H29Cl3N2O3S/c1-4-6-7-16(5-2)14-27-23(29)18-10-8-17(9-11-18)15-28(32(3,30)31)22-13-20(25)19(24)12-21(22)26/h8-13,16H,4-7,14-15H2,1-3H3,(H,27,29)/t16-/m1/s1. The van der Waals surface area contributed by atoms with Gasteiger partial charge in [-0.3, -0.25) is 9.10 Å². The lowest BCUT2D eigenvalue weighted by atomic mass is 9.99. The van der Waals surface area contributed by atoms with Crippen molar-refractivity contribution in [2.24, 2.45) is 5.92 Å². The number of anilines is 1. The molecule has 1 atom stereocenters. The minimum atomic E-state index is -3.66. The highest BCUT2D eigenvalue weighted by Crippen LogP contribution is 2.36. The van der Waals surface area contributed by atoms with Gasteiger partial charge in [-0.1, -0.05) is 80.0 Å². The number of nitrogens with one attached hydrogen (secondary N) is 1. The molecular formula is C23H29Cl3N2O3S. The number of carbonyl (C=O) groups excluding carboxylic acids is 1. The maximum atomic E-state index is 12.5. The first-order valence-electron chi connectivity index (χ1n) is 10.6. The third-order valence-electron chi connectivity index (χ3n) is 5.30. The summed E-state index contributed by atoms with van der Waals surface area (Å²) in [4.78, 5) is 12.5. The SMILES string of the molecule is CCCC[C@@H](CC)CNC(=O)c1ccc(CN(c2cc(Cl)c(Cl)cc2Cl)S(C)(=O)=O)cc1. The Morgan fingerprint density at radius 1 is 1.03 bits per heavy atom. The van der Waals surface area contributed by atoms with Crippen LogP contribution < -0.4 is 9.62 Å². The van der Waals surface area contributed by atoms with Gasteiger partial charge < -0.3 is 5.32 Å². The summed E-state index contributed by atoms with van der Waals surface area (Å²) in [7, 11) is -3.66. The van der Waals surface area contributed by atoms with E-state index in [9.17, 15) is 13.2 Å². The van der Waals surface area contributed by atoms with E-state index in [1.54, 1.807) is 24.3 Å². The minimum Gasteiger partial charge on any atom is -0.352 e. The van der Waals surface area contributed by atoms with E-state index in [0.717, 1.165) is 36.2 Å². The number of unbranched alkanes of at least 4 members (excludes halogenated alkanes) is 1. The average molecular weight is 520 g/mol. The molecule has 0 spiro atoms. The first-order valence-corrected chi connectivity index (χ1v) is 13.5. The van der Waals surface area contributed by atoms with Gasteiger partial charge in [0.25, 0.3) is 5.91 Å². The zero-order chi connectivity index (χ0) is 23.9. The molecule has 1 N–H and O–H groups in total. The Morgan fingerprint density at radius 2 is 1.66 bits per heavy atom. The minimum absolute atomic E-state index is 0.0351. The van der Waals surface area contributed by atoms with Gasteiger partial charge in [0.15, 0.2) is 0 Å². The van der Waals surface area contributed by atoms with Gasteiger partial charge in [0.2, 0.25) is 10.0 Å². The zero-order valence-electron chi connectivity index (χ0n) is 18.5. The van der Waals surface area contributed by atoms with Gasteiger partial charge in [-0.25, -0.2) is 8.42 Å². The molecular weight excluding hydrogens is 491 g/mol. The summed E-state index contributed by atoms with van der Waals surface area (Å²) in [5.74, 6) is 0.330. The Bertz CT molecular complexity index is 1030. The molecule has 2 aromatic carbocycles. The molecule has 0 saturated heterocycles. The first kappa shape index (κ1) is 26.8. The molecule has 0 fully saturated rings. The van der Waals surface area contributed by atoms with Crippen LogP contribution in [0.2, 0.25) is 15.1 Å². The van der Waals surface area contributed by atoms with Gasteiger partial charge in [-0.2, -0.15) is 0 Å². The summed E-state index contributed by atoms with van der Waals surface area (Å²) < 4.78 is 26.0. The molecule has 2 aromatic rings. The fourth-order valence-corrected chi connectivity index (χ4v) is 4.88. The number of hydrogen-bond donors (Lipinski definition) is 1. The smallest absolute Gasteiger partial charge is 0.251 e. The number of nitrogens with zero attached hydrogens (tertiary/aromatic N) is 1. The van der Waals surface area contributed by atoms with Crippen molar-refractivity contribution in [2.45, 2.75) is 46.1 Å². The molecule has 0 radical (unpaired) electrons. The highest BCUT2D eigenvalue weighted by Gasteiger charge is 2.22. The van der Waals surface area contributed by atoms with Crippen molar-refractivity contribution in [3.8, 4) is 0 Å². The summed E-state index contributed by atoms with van der Waals surface area (Å²) in [5, 5.41) is 3.62. The van der Waals surface area contributed by atoms with Gasteiger partial charge in [0, 0.05) is 12.1 Å². The highest BCUT2D eigenvalue weighted by molar-refractivity contribution is 7.92. The van der Waals surface area contributed by atoms with Crippen molar-refractivity contribution in [1.82, 2.24) is 5.32 Å². The molecule has 0 aromatic heterocycles. The normalized spacial score (nSPS) is 12.4. The molecule has 9 heteroatoms. The summed E-state index contributed by atoms with van der Waals surface area (Å²) >= 11 is 18.3. The van der Waals surface area contributed by atoms with Gasteiger partial charge in [-0.05, 0) is 42.2 Å². The van der Waals surface area contributed by atoms with E-state index >= 15 is 0 Å². The number of carbonyl (C=O) groups is 1. The van der Waals surface area contributed by atoms with E-state index in [1.165, 1.54) is 12.1 Å². The van der Waals surface area contributed by atoms with Crippen LogP contribution in [0, 0.1) is 5.92 Å². The Hall–Kier alpha value is -1.47. The van der Waals surface area contributed by atoms with Gasteiger partial charge in [0.1, 0.15) is 0 Å². The molecule has 0 aliphatic heterocycles. The number of rotatable bonds is 11. The summed E-state index contributed by atoms with van der Waals surface area (Å²) in [5.41, 5.74) is 1.46. The predicted octanol–water partition coefficient (Wildman–Crippen LogP) is 6.56. The van der Waals surface area contributed by atoms with E-state index < -0.39 is 10.0 Å². The maximum absolute atomic E-state index is 12.5. The van der Waals surface area contributed by atoms with E-state index in [-0.39, 0.29) is 33.2 Å². The zero-order valence-corrected chi connectivity index (χ0v) is 21.6. The van der Waals surface area contributed by atoms with Crippen molar-refractivity contribution in [3.05, 3.63) is 62.6 Å². The van der Waals surface area contributed by atoms with Crippen LogP contribution in [0.5, 0.6) is 0 Å². The average Bonchev–Trinajstić information content (AvgIpc) is 2.74. The van der Waals surface area contributed by atoms with Crippen LogP contribution in [0.3, 0.4) is 0 Å². The van der Waals surface area contributed by atoms with Crippen LogP contribution >= 0.6 is 34.8 Å². The third kappa shape index (κ3) is 7.55. The molecule has 176 valence electrons. The van der Waals surface area contributed by atoms with Crippen molar-refractivity contribution in [2.75, 3.05) is 17.1 Å². The Morgan fingerprint density at radius 3 is 2.22 bits per heavy atom. The first-order chi connectivity index (χ1) is 15.1. The van der Waals surface area contributed by atoms with Crippen LogP contribution in [0.1, 0.15) is 55.5 Å². The molecule has 2 rings (SSSR count). The lowest BCUT2D eigenvalue weighted by molar-refractivity contribution is 0.0946. The van der Waals surface area contributed by atoms with Gasteiger partial charge >= 0.3 is 0 Å². The van der Waals surface area contributed by atoms with Crippen molar-refractivity contribution < 1.29 is 13.2 Å². The molecule has 0 heterocycles. The molecule has 0 bridgehead atoms. The van der Waals surface area contributed by atoms with Crippen molar-refractivity contribution in [3.63, 3.8) is 0 Å². The molecule has 0 aliphatic carbocycles. The summed E-state index contributed by atoms with van der Waals surface area (Å²) in [6, 6.07) is 9.68. The summed E-state index contributed by atoms with van der Waals surface area (Å²) in [6.07, 6.45) is 5.52. The lowest BCUT2D eigenvalue weighted by Gasteiger charge is -2.24. The largest absolute Gasteiger partial charge is 0.352 e. The number of benzene rings is 2. The van der Waals surface area contributed by atoms with E-state index in [0.29, 0.717) is 23.6 Å². The monoisotopic (exact) mass is 518 g/mol. The fourth-order valence-electron chi connectivity index (χ4n) is 3.29. The fraction of sp³-hybridized carbons (Fsp3) is 0.435. The Labute approximate surface area is 206 Å². The Balaban J connectivity index is 2.14. The Kier molecular flexibility index (Phi) is 10.1. The van der Waals surface area contributed by atoms with E-state index in [2.05, 4.69) is 19.2 Å². The third-order valence-corrected chi connectivity index (χ3v) is 7.45. The number of sulfonamides is 1. The number of amides is 1.